The summed E-state index contributed by atoms with van der Waals surface area (Å²) in [5, 5.41) is 9.74. The van der Waals surface area contributed by atoms with E-state index in [4.69, 9.17) is 4.98 Å². The number of hydrogen-bond donors (Lipinski definition) is 4. The van der Waals surface area contributed by atoms with Gasteiger partial charge in [-0.3, -0.25) is 24.1 Å². The smallest absolute Gasteiger partial charge is 0.234 e. The summed E-state index contributed by atoms with van der Waals surface area (Å²) in [5.74, 6) is 0.468. The number of aromatic amines is 1. The molecule has 2 aromatic heterocycles. The number of halogens is 1. The first-order valence-electron chi connectivity index (χ1n) is 21.7. The van der Waals surface area contributed by atoms with Crippen LogP contribution in [0.2, 0.25) is 0 Å². The molecule has 17 heteroatoms. The van der Waals surface area contributed by atoms with Gasteiger partial charge in [0.1, 0.15) is 17.3 Å². The lowest BCUT2D eigenvalue weighted by atomic mass is 9.90. The summed E-state index contributed by atoms with van der Waals surface area (Å²) < 4.78 is 42.4. The number of carbonyl (C=O) groups is 2. The van der Waals surface area contributed by atoms with Gasteiger partial charge in [-0.1, -0.05) is 24.3 Å². The van der Waals surface area contributed by atoms with Crippen molar-refractivity contribution in [1.29, 1.82) is 0 Å². The van der Waals surface area contributed by atoms with Crippen molar-refractivity contribution in [3.05, 3.63) is 89.9 Å². The number of hydrogen-bond acceptors (Lipinski definition) is 12. The molecule has 62 heavy (non-hydrogen) atoms. The molecule has 0 radical (unpaired) electrons. The summed E-state index contributed by atoms with van der Waals surface area (Å²) in [7, 11) is -3.46. The van der Waals surface area contributed by atoms with Crippen molar-refractivity contribution in [3.63, 3.8) is 0 Å². The number of H-pyrrole nitrogens is 1. The second kappa shape index (κ2) is 16.5. The third-order valence-electron chi connectivity index (χ3n) is 13.3. The molecular weight excluding hydrogens is 810 g/mol. The molecule has 0 aliphatic carbocycles. The van der Waals surface area contributed by atoms with E-state index in [1.54, 1.807) is 6.20 Å². The highest BCUT2D eigenvalue weighted by molar-refractivity contribution is 7.92. The predicted octanol–water partition coefficient (Wildman–Crippen LogP) is 5.15. The van der Waals surface area contributed by atoms with Gasteiger partial charge in [0.15, 0.2) is 0 Å². The van der Waals surface area contributed by atoms with Gasteiger partial charge in [-0.05, 0) is 79.3 Å². The average Bonchev–Trinajstić information content (AvgIpc) is 3.92. The van der Waals surface area contributed by atoms with Gasteiger partial charge in [0.05, 0.1) is 34.6 Å². The van der Waals surface area contributed by atoms with Crippen LogP contribution in [0.25, 0.3) is 11.0 Å². The minimum Gasteiger partial charge on any atom is -0.371 e. The summed E-state index contributed by atoms with van der Waals surface area (Å²) >= 11 is 0. The Hall–Kier alpha value is -5.78. The number of anilines is 7. The fourth-order valence-corrected chi connectivity index (χ4v) is 11.0. The molecule has 2 amide bonds. The SMILES string of the molecule is CS(=O)(=O)N1CCc2cccc(Nc3nc(Nc4ccc(N5CCC(N6CCN(CC7CN(c8ccc(C9CCC(=O)NC9=O)cc8)C7)CC6)CC5)c(F)c4)nc4[nH]ccc34)c21. The number of benzene rings is 3. The first kappa shape index (κ1) is 40.3. The van der Waals surface area contributed by atoms with Crippen molar-refractivity contribution in [3.8, 4) is 0 Å². The van der Waals surface area contributed by atoms with Gasteiger partial charge in [0.25, 0.3) is 0 Å². The Balaban J connectivity index is 0.696. The van der Waals surface area contributed by atoms with E-state index >= 15 is 4.39 Å². The number of piperazine rings is 1. The third-order valence-corrected chi connectivity index (χ3v) is 14.5. The maximum Gasteiger partial charge on any atom is 0.234 e. The topological polar surface area (TPSA) is 162 Å². The molecule has 0 bridgehead atoms. The summed E-state index contributed by atoms with van der Waals surface area (Å²) in [6.07, 6.45) is 6.56. The van der Waals surface area contributed by atoms with Crippen LogP contribution in [-0.4, -0.2) is 123 Å². The zero-order chi connectivity index (χ0) is 42.5. The van der Waals surface area contributed by atoms with Crippen LogP contribution in [0.1, 0.15) is 42.7 Å². The highest BCUT2D eigenvalue weighted by Gasteiger charge is 2.34. The molecule has 4 saturated heterocycles. The minimum absolute atomic E-state index is 0.186. The molecular formula is C45H52FN11O4S. The minimum atomic E-state index is -3.46. The summed E-state index contributed by atoms with van der Waals surface area (Å²) in [4.78, 5) is 46.1. The second-order valence-electron chi connectivity index (χ2n) is 17.4. The molecule has 5 aromatic rings. The Labute approximate surface area is 360 Å². The van der Waals surface area contributed by atoms with E-state index in [1.165, 1.54) is 22.3 Å². The van der Waals surface area contributed by atoms with Crippen molar-refractivity contribution in [2.45, 2.75) is 44.1 Å². The Morgan fingerprint density at radius 3 is 2.37 bits per heavy atom. The highest BCUT2D eigenvalue weighted by atomic mass is 32.2. The molecule has 5 aliphatic heterocycles. The van der Waals surface area contributed by atoms with Crippen molar-refractivity contribution in [1.82, 2.24) is 30.1 Å². The number of carbonyl (C=O) groups excluding carboxylic acids is 2. The van der Waals surface area contributed by atoms with Crippen LogP contribution in [0.4, 0.5) is 44.6 Å². The van der Waals surface area contributed by atoms with Crippen LogP contribution in [0.15, 0.2) is 72.9 Å². The number of para-hydroxylation sites is 1. The molecule has 4 fully saturated rings. The molecule has 1 unspecified atom stereocenters. The van der Waals surface area contributed by atoms with E-state index in [1.807, 2.05) is 48.5 Å². The highest BCUT2D eigenvalue weighted by Crippen LogP contribution is 2.40. The second-order valence-corrected chi connectivity index (χ2v) is 19.3. The monoisotopic (exact) mass is 861 g/mol. The molecule has 0 saturated carbocycles. The van der Waals surface area contributed by atoms with E-state index in [2.05, 4.69) is 57.7 Å². The van der Waals surface area contributed by atoms with E-state index in [0.717, 1.165) is 88.3 Å². The summed E-state index contributed by atoms with van der Waals surface area (Å²) in [6.45, 7) is 9.38. The number of fused-ring (bicyclic) bond motifs is 2. The van der Waals surface area contributed by atoms with Gasteiger partial charge in [0.2, 0.25) is 27.8 Å². The maximum atomic E-state index is 15.8. The van der Waals surface area contributed by atoms with Crippen molar-refractivity contribution in [2.24, 2.45) is 5.92 Å². The largest absolute Gasteiger partial charge is 0.371 e. The quantitative estimate of drug-likeness (QED) is 0.130. The average molecular weight is 862 g/mol. The number of imide groups is 1. The number of nitrogens with zero attached hydrogens (tertiary/aromatic N) is 7. The Kier molecular flexibility index (Phi) is 10.7. The van der Waals surface area contributed by atoms with E-state index < -0.39 is 10.0 Å². The Morgan fingerprint density at radius 1 is 0.839 bits per heavy atom. The molecule has 15 nitrogen and oxygen atoms in total. The van der Waals surface area contributed by atoms with Crippen LogP contribution in [0.3, 0.4) is 0 Å². The third kappa shape index (κ3) is 8.16. The number of piperidine rings is 2. The first-order chi connectivity index (χ1) is 30.0. The standard InChI is InChI=1S/C45H52FN11O4S/c1-62(60,61)57-20-14-31-3-2-4-38(41(31)57)49-43-36-13-17-47-42(36)51-45(52-43)48-32-7-11-39(37(46)25-32)55-18-15-34(16-19-55)54-23-21-53(22-24-54)26-29-27-56(28-29)33-8-5-30(6-9-33)35-10-12-40(58)50-44(35)59/h2-9,11,13,17,25,29,34-35H,10,12,14-16,18-24,26-28H2,1H3,(H,50,58,59)(H3,47,48,49,51,52). The van der Waals surface area contributed by atoms with Crippen molar-refractivity contribution in [2.75, 3.05) is 96.4 Å². The number of nitrogens with one attached hydrogen (secondary N) is 4. The fraction of sp³-hybridized carbons (Fsp3) is 0.422. The van der Waals surface area contributed by atoms with E-state index in [-0.39, 0.29) is 29.5 Å². The van der Waals surface area contributed by atoms with E-state index in [9.17, 15) is 18.0 Å². The van der Waals surface area contributed by atoms with Crippen LogP contribution >= 0.6 is 0 Å². The van der Waals surface area contributed by atoms with Crippen LogP contribution in [0, 0.1) is 11.7 Å². The van der Waals surface area contributed by atoms with Gasteiger partial charge < -0.3 is 30.3 Å². The summed E-state index contributed by atoms with van der Waals surface area (Å²) in [5.41, 5.74) is 6.05. The van der Waals surface area contributed by atoms with Gasteiger partial charge in [-0.2, -0.15) is 9.97 Å². The zero-order valence-electron chi connectivity index (χ0n) is 34.8. The molecule has 7 heterocycles. The van der Waals surface area contributed by atoms with Crippen LogP contribution in [-0.2, 0) is 26.0 Å². The Bertz CT molecular complexity index is 2600. The maximum absolute atomic E-state index is 15.8. The molecule has 3 aromatic carbocycles. The molecule has 10 rings (SSSR count). The lowest BCUT2D eigenvalue weighted by molar-refractivity contribution is -0.134. The predicted molar refractivity (Wildman–Crippen MR) is 240 cm³/mol. The molecule has 324 valence electrons. The zero-order valence-corrected chi connectivity index (χ0v) is 35.6. The van der Waals surface area contributed by atoms with Crippen molar-refractivity contribution < 1.29 is 22.4 Å². The lowest BCUT2D eigenvalue weighted by Crippen LogP contribution is -2.57. The number of rotatable bonds is 11. The number of amides is 2. The van der Waals surface area contributed by atoms with Gasteiger partial charge >= 0.3 is 0 Å². The van der Waals surface area contributed by atoms with Crippen molar-refractivity contribution >= 4 is 73.1 Å². The van der Waals surface area contributed by atoms with Gasteiger partial charge in [0, 0.05) is 101 Å². The van der Waals surface area contributed by atoms with E-state index in [0.29, 0.717) is 72.0 Å². The molecule has 1 atom stereocenters. The van der Waals surface area contributed by atoms with Crippen LogP contribution in [0.5, 0.6) is 0 Å². The Morgan fingerprint density at radius 2 is 1.63 bits per heavy atom. The normalized spacial score (nSPS) is 20.7. The fourth-order valence-electron chi connectivity index (χ4n) is 10.0. The molecule has 4 N–H and O–H groups in total. The number of aromatic nitrogens is 3. The lowest BCUT2D eigenvalue weighted by Gasteiger charge is -2.46. The van der Waals surface area contributed by atoms with Crippen LogP contribution < -0.4 is 30.1 Å². The molecule has 0 spiro atoms. The first-order valence-corrected chi connectivity index (χ1v) is 23.6. The van der Waals surface area contributed by atoms with Gasteiger partial charge in [-0.25, -0.2) is 12.8 Å². The number of sulfonamides is 1. The van der Waals surface area contributed by atoms with Gasteiger partial charge in [-0.15, -0.1) is 0 Å². The summed E-state index contributed by atoms with van der Waals surface area (Å²) in [6, 6.07) is 21.5. The molecule has 5 aliphatic rings.